The van der Waals surface area contributed by atoms with E-state index in [9.17, 15) is 0 Å². The number of benzene rings is 1. The number of aromatic nitrogens is 1. The molecule has 0 N–H and O–H groups in total. The normalized spacial score (nSPS) is 14.4. The van der Waals surface area contributed by atoms with E-state index in [0.717, 1.165) is 46.4 Å². The molecule has 3 rings (SSSR count). The van der Waals surface area contributed by atoms with Crippen LogP contribution in [0.15, 0.2) is 12.1 Å². The average Bonchev–Trinajstić information content (AvgIpc) is 2.72. The molecule has 0 saturated heterocycles. The number of aryl methyl sites for hydroxylation is 2. The van der Waals surface area contributed by atoms with Crippen molar-refractivity contribution in [1.82, 2.24) is 4.98 Å². The Morgan fingerprint density at radius 1 is 1.19 bits per heavy atom. The van der Waals surface area contributed by atoms with Crippen molar-refractivity contribution in [2.45, 2.75) is 26.2 Å². The Kier molecular flexibility index (Phi) is 2.34. The third-order valence-corrected chi connectivity index (χ3v) is 3.98. The van der Waals surface area contributed by atoms with Crippen molar-refractivity contribution >= 4 is 34.1 Å². The van der Waals surface area contributed by atoms with Gasteiger partial charge in [-0.15, -0.1) is 0 Å². The van der Waals surface area contributed by atoms with Crippen molar-refractivity contribution < 1.29 is 0 Å². The van der Waals surface area contributed by atoms with E-state index in [1.807, 2.05) is 19.1 Å². The van der Waals surface area contributed by atoms with E-state index in [-0.39, 0.29) is 0 Å². The molecule has 1 aliphatic carbocycles. The average molecular weight is 252 g/mol. The summed E-state index contributed by atoms with van der Waals surface area (Å²) in [4.78, 5) is 4.71. The van der Waals surface area contributed by atoms with Crippen molar-refractivity contribution in [2.24, 2.45) is 0 Å². The fourth-order valence-corrected chi connectivity index (χ4v) is 3.09. The molecule has 0 saturated carbocycles. The van der Waals surface area contributed by atoms with Crippen LogP contribution in [0.1, 0.15) is 23.2 Å². The van der Waals surface area contributed by atoms with Gasteiger partial charge in [0.1, 0.15) is 0 Å². The number of halogens is 2. The highest BCUT2D eigenvalue weighted by molar-refractivity contribution is 6.42. The Morgan fingerprint density at radius 3 is 2.81 bits per heavy atom. The first kappa shape index (κ1) is 10.4. The van der Waals surface area contributed by atoms with Crippen LogP contribution in [-0.2, 0) is 12.8 Å². The van der Waals surface area contributed by atoms with Gasteiger partial charge in [-0.1, -0.05) is 29.3 Å². The van der Waals surface area contributed by atoms with Gasteiger partial charge in [-0.3, -0.25) is 4.98 Å². The van der Waals surface area contributed by atoms with Gasteiger partial charge >= 0.3 is 0 Å². The van der Waals surface area contributed by atoms with E-state index in [0.29, 0.717) is 5.02 Å². The second-order valence-electron chi connectivity index (χ2n) is 4.29. The molecule has 0 atom stereocenters. The Morgan fingerprint density at radius 2 is 2.00 bits per heavy atom. The number of pyridine rings is 1. The molecule has 2 aromatic rings. The van der Waals surface area contributed by atoms with Gasteiger partial charge in [0.05, 0.1) is 15.6 Å². The Bertz CT molecular complexity index is 590. The Balaban J connectivity index is 2.50. The van der Waals surface area contributed by atoms with Gasteiger partial charge in [0.2, 0.25) is 0 Å². The SMILES string of the molecule is Cc1ccc(Cl)c2c(Cl)c3c(nc12)CCC3. The van der Waals surface area contributed by atoms with E-state index >= 15 is 0 Å². The maximum Gasteiger partial charge on any atom is 0.0764 e. The summed E-state index contributed by atoms with van der Waals surface area (Å²) in [6, 6.07) is 3.89. The van der Waals surface area contributed by atoms with Gasteiger partial charge in [-0.05, 0) is 43.4 Å². The molecule has 82 valence electrons. The predicted octanol–water partition coefficient (Wildman–Crippen LogP) is 4.34. The topological polar surface area (TPSA) is 12.9 Å². The van der Waals surface area contributed by atoms with Crippen LogP contribution in [0, 0.1) is 6.92 Å². The molecular formula is C13H11Cl2N. The summed E-state index contributed by atoms with van der Waals surface area (Å²) in [5, 5.41) is 2.43. The van der Waals surface area contributed by atoms with Crippen molar-refractivity contribution in [3.8, 4) is 0 Å². The van der Waals surface area contributed by atoms with Gasteiger partial charge in [0, 0.05) is 11.1 Å². The van der Waals surface area contributed by atoms with Gasteiger partial charge in [0.15, 0.2) is 0 Å². The minimum atomic E-state index is 0.702. The van der Waals surface area contributed by atoms with Crippen LogP contribution >= 0.6 is 23.2 Å². The number of rotatable bonds is 0. The summed E-state index contributed by atoms with van der Waals surface area (Å²) in [5.74, 6) is 0. The van der Waals surface area contributed by atoms with E-state index in [1.54, 1.807) is 0 Å². The predicted molar refractivity (Wildman–Crippen MR) is 68.5 cm³/mol. The molecule has 1 nitrogen and oxygen atoms in total. The first-order chi connectivity index (χ1) is 7.68. The molecule has 16 heavy (non-hydrogen) atoms. The molecule has 1 aromatic carbocycles. The number of hydrogen-bond acceptors (Lipinski definition) is 1. The van der Waals surface area contributed by atoms with Crippen LogP contribution < -0.4 is 0 Å². The highest BCUT2D eigenvalue weighted by Gasteiger charge is 2.20. The third kappa shape index (κ3) is 1.35. The van der Waals surface area contributed by atoms with E-state index < -0.39 is 0 Å². The number of fused-ring (bicyclic) bond motifs is 2. The minimum absolute atomic E-state index is 0.702. The molecule has 1 aliphatic rings. The van der Waals surface area contributed by atoms with Crippen LogP contribution in [0.3, 0.4) is 0 Å². The van der Waals surface area contributed by atoms with Gasteiger partial charge in [0.25, 0.3) is 0 Å². The van der Waals surface area contributed by atoms with Crippen molar-refractivity contribution in [3.05, 3.63) is 39.0 Å². The van der Waals surface area contributed by atoms with Crippen molar-refractivity contribution in [3.63, 3.8) is 0 Å². The molecule has 0 amide bonds. The fourth-order valence-electron chi connectivity index (χ4n) is 2.40. The van der Waals surface area contributed by atoms with Crippen LogP contribution in [0.2, 0.25) is 10.0 Å². The van der Waals surface area contributed by atoms with Gasteiger partial charge < -0.3 is 0 Å². The Hall–Kier alpha value is -0.790. The molecule has 1 heterocycles. The summed E-state index contributed by atoms with van der Waals surface area (Å²) >= 11 is 12.7. The zero-order valence-electron chi connectivity index (χ0n) is 8.98. The first-order valence-corrected chi connectivity index (χ1v) is 6.20. The molecule has 0 bridgehead atoms. The molecule has 0 radical (unpaired) electrons. The molecular weight excluding hydrogens is 241 g/mol. The third-order valence-electron chi connectivity index (χ3n) is 3.25. The zero-order valence-corrected chi connectivity index (χ0v) is 10.5. The van der Waals surface area contributed by atoms with E-state index in [4.69, 9.17) is 28.2 Å². The van der Waals surface area contributed by atoms with Gasteiger partial charge in [-0.25, -0.2) is 0 Å². The highest BCUT2D eigenvalue weighted by atomic mass is 35.5. The zero-order chi connectivity index (χ0) is 11.3. The lowest BCUT2D eigenvalue weighted by atomic mass is 10.1. The summed E-state index contributed by atoms with van der Waals surface area (Å²) in [6.07, 6.45) is 3.22. The largest absolute Gasteiger partial charge is 0.252 e. The van der Waals surface area contributed by atoms with Crippen LogP contribution in [-0.4, -0.2) is 4.98 Å². The lowest BCUT2D eigenvalue weighted by molar-refractivity contribution is 0.901. The monoisotopic (exact) mass is 251 g/mol. The van der Waals surface area contributed by atoms with Crippen LogP contribution in [0.5, 0.6) is 0 Å². The molecule has 3 heteroatoms. The second-order valence-corrected chi connectivity index (χ2v) is 5.08. The molecule has 0 aliphatic heterocycles. The number of nitrogens with zero attached hydrogens (tertiary/aromatic N) is 1. The summed E-state index contributed by atoms with van der Waals surface area (Å²) in [6.45, 7) is 2.04. The molecule has 0 fully saturated rings. The van der Waals surface area contributed by atoms with Crippen LogP contribution in [0.4, 0.5) is 0 Å². The first-order valence-electron chi connectivity index (χ1n) is 5.44. The smallest absolute Gasteiger partial charge is 0.0764 e. The molecule has 1 aromatic heterocycles. The maximum atomic E-state index is 6.44. The van der Waals surface area contributed by atoms with E-state index in [1.165, 1.54) is 5.56 Å². The minimum Gasteiger partial charge on any atom is -0.252 e. The lowest BCUT2D eigenvalue weighted by Gasteiger charge is -2.10. The van der Waals surface area contributed by atoms with Crippen LogP contribution in [0.25, 0.3) is 10.9 Å². The molecule has 0 unspecified atom stereocenters. The van der Waals surface area contributed by atoms with Gasteiger partial charge in [-0.2, -0.15) is 0 Å². The lowest BCUT2D eigenvalue weighted by Crippen LogP contribution is -1.94. The van der Waals surface area contributed by atoms with Crippen molar-refractivity contribution in [2.75, 3.05) is 0 Å². The Labute approximate surface area is 104 Å². The standard InChI is InChI=1S/C13H11Cl2N/c1-7-5-6-9(14)11-12(15)8-3-2-4-10(8)16-13(7)11/h5-6H,2-4H2,1H3. The van der Waals surface area contributed by atoms with E-state index in [2.05, 4.69) is 0 Å². The summed E-state index contributed by atoms with van der Waals surface area (Å²) < 4.78 is 0. The summed E-state index contributed by atoms with van der Waals surface area (Å²) in [5.41, 5.74) is 4.44. The maximum absolute atomic E-state index is 6.44. The number of hydrogen-bond donors (Lipinski definition) is 0. The quantitative estimate of drug-likeness (QED) is 0.679. The van der Waals surface area contributed by atoms with Crippen molar-refractivity contribution in [1.29, 1.82) is 0 Å². The molecule has 0 spiro atoms. The second kappa shape index (κ2) is 3.61. The fraction of sp³-hybridized carbons (Fsp3) is 0.308. The summed E-state index contributed by atoms with van der Waals surface area (Å²) in [7, 11) is 0. The highest BCUT2D eigenvalue weighted by Crippen LogP contribution is 2.37.